The Morgan fingerprint density at radius 3 is 2.52 bits per heavy atom. The van der Waals surface area contributed by atoms with Gasteiger partial charge in [-0.05, 0) is 42.9 Å². The third-order valence-corrected chi connectivity index (χ3v) is 4.80. The number of carbonyl (C=O) groups excluding carboxylic acids is 2. The van der Waals surface area contributed by atoms with Crippen molar-refractivity contribution in [3.63, 3.8) is 0 Å². The fraction of sp³-hybridized carbons (Fsp3) is 0.579. The summed E-state index contributed by atoms with van der Waals surface area (Å²) >= 11 is 0. The van der Waals surface area contributed by atoms with E-state index in [2.05, 4.69) is 10.6 Å². The van der Waals surface area contributed by atoms with Crippen molar-refractivity contribution in [2.24, 2.45) is 5.92 Å². The highest BCUT2D eigenvalue weighted by molar-refractivity contribution is 5.77. The van der Waals surface area contributed by atoms with Crippen LogP contribution in [0.2, 0.25) is 0 Å². The molecule has 1 aromatic rings. The van der Waals surface area contributed by atoms with Crippen LogP contribution in [0.25, 0.3) is 0 Å². The van der Waals surface area contributed by atoms with Crippen molar-refractivity contribution in [2.75, 3.05) is 19.9 Å². The van der Waals surface area contributed by atoms with Gasteiger partial charge in [-0.2, -0.15) is 0 Å². The number of amides is 2. The first-order chi connectivity index (χ1) is 12.2. The van der Waals surface area contributed by atoms with Gasteiger partial charge in [-0.3, -0.25) is 9.59 Å². The van der Waals surface area contributed by atoms with Gasteiger partial charge < -0.3 is 20.1 Å². The molecule has 0 saturated heterocycles. The lowest BCUT2D eigenvalue weighted by Gasteiger charge is -2.10. The standard InChI is InChI=1S/C19H26N2O4/c22-18(8-6-15-5-7-16-17(11-15)25-13-24-16)20-9-10-21-19(23)12-14-3-1-2-4-14/h5,7,11,14H,1-4,6,8-10,12-13H2,(H,20,22)(H,21,23). The summed E-state index contributed by atoms with van der Waals surface area (Å²) < 4.78 is 10.6. The van der Waals surface area contributed by atoms with Gasteiger partial charge in [0.15, 0.2) is 11.5 Å². The molecular formula is C19H26N2O4. The smallest absolute Gasteiger partial charge is 0.231 e. The first-order valence-corrected chi connectivity index (χ1v) is 9.12. The van der Waals surface area contributed by atoms with Crippen LogP contribution in [0.4, 0.5) is 0 Å². The van der Waals surface area contributed by atoms with E-state index in [4.69, 9.17) is 9.47 Å². The minimum Gasteiger partial charge on any atom is -0.454 e. The lowest BCUT2D eigenvalue weighted by atomic mass is 10.0. The molecule has 6 heteroatoms. The molecule has 1 aliphatic carbocycles. The van der Waals surface area contributed by atoms with E-state index in [1.165, 1.54) is 25.7 Å². The third-order valence-electron chi connectivity index (χ3n) is 4.80. The fourth-order valence-electron chi connectivity index (χ4n) is 3.40. The number of benzene rings is 1. The number of hydrogen-bond donors (Lipinski definition) is 2. The van der Waals surface area contributed by atoms with Crippen molar-refractivity contribution in [1.29, 1.82) is 0 Å². The van der Waals surface area contributed by atoms with Gasteiger partial charge in [-0.15, -0.1) is 0 Å². The maximum Gasteiger partial charge on any atom is 0.231 e. The van der Waals surface area contributed by atoms with E-state index in [9.17, 15) is 9.59 Å². The van der Waals surface area contributed by atoms with E-state index in [1.807, 2.05) is 18.2 Å². The summed E-state index contributed by atoms with van der Waals surface area (Å²) in [6, 6.07) is 5.73. The van der Waals surface area contributed by atoms with Crippen LogP contribution in [0.1, 0.15) is 44.1 Å². The monoisotopic (exact) mass is 346 g/mol. The van der Waals surface area contributed by atoms with Crippen LogP contribution in [0, 0.1) is 5.92 Å². The zero-order valence-electron chi connectivity index (χ0n) is 14.5. The van der Waals surface area contributed by atoms with Crippen molar-refractivity contribution in [3.05, 3.63) is 23.8 Å². The lowest BCUT2D eigenvalue weighted by molar-refractivity contribution is -0.123. The average molecular weight is 346 g/mol. The average Bonchev–Trinajstić information content (AvgIpc) is 3.27. The van der Waals surface area contributed by atoms with Crippen molar-refractivity contribution in [1.82, 2.24) is 10.6 Å². The van der Waals surface area contributed by atoms with E-state index in [0.29, 0.717) is 38.3 Å². The van der Waals surface area contributed by atoms with Gasteiger partial charge in [0.1, 0.15) is 0 Å². The Bertz CT molecular complexity index is 611. The zero-order valence-corrected chi connectivity index (χ0v) is 14.5. The van der Waals surface area contributed by atoms with E-state index in [1.54, 1.807) is 0 Å². The van der Waals surface area contributed by atoms with E-state index >= 15 is 0 Å². The third kappa shape index (κ3) is 5.37. The largest absolute Gasteiger partial charge is 0.454 e. The Kier molecular flexibility index (Phi) is 6.14. The van der Waals surface area contributed by atoms with Gasteiger partial charge in [0.05, 0.1) is 0 Å². The summed E-state index contributed by atoms with van der Waals surface area (Å²) in [6.07, 6.45) is 6.52. The fourth-order valence-corrected chi connectivity index (χ4v) is 3.40. The molecule has 0 radical (unpaired) electrons. The minimum atomic E-state index is -0.0114. The molecule has 1 fully saturated rings. The van der Waals surface area contributed by atoms with E-state index < -0.39 is 0 Å². The van der Waals surface area contributed by atoms with Gasteiger partial charge in [0.25, 0.3) is 0 Å². The van der Waals surface area contributed by atoms with Gasteiger partial charge in [-0.1, -0.05) is 18.9 Å². The summed E-state index contributed by atoms with van der Waals surface area (Å²) in [5, 5.41) is 5.73. The molecule has 2 N–H and O–H groups in total. The number of ether oxygens (including phenoxy) is 2. The normalized spacial score (nSPS) is 16.0. The molecule has 136 valence electrons. The lowest BCUT2D eigenvalue weighted by Crippen LogP contribution is -2.35. The molecule has 2 amide bonds. The SMILES string of the molecule is O=C(CCc1ccc2c(c1)OCO2)NCCNC(=O)CC1CCCC1. The van der Waals surface area contributed by atoms with Crippen molar-refractivity contribution >= 4 is 11.8 Å². The predicted molar refractivity (Wildman–Crippen MR) is 93.5 cm³/mol. The first kappa shape index (κ1) is 17.6. The number of rotatable bonds is 8. The molecule has 1 heterocycles. The topological polar surface area (TPSA) is 76.7 Å². The molecule has 1 aromatic carbocycles. The molecule has 0 atom stereocenters. The molecule has 1 aliphatic heterocycles. The number of carbonyl (C=O) groups is 2. The predicted octanol–water partition coefficient (Wildman–Crippen LogP) is 2.16. The molecule has 0 spiro atoms. The van der Waals surface area contributed by atoms with Crippen LogP contribution >= 0.6 is 0 Å². The highest BCUT2D eigenvalue weighted by Gasteiger charge is 2.18. The molecule has 1 saturated carbocycles. The summed E-state index contributed by atoms with van der Waals surface area (Å²) in [4.78, 5) is 23.7. The highest BCUT2D eigenvalue weighted by atomic mass is 16.7. The Hall–Kier alpha value is -2.24. The molecule has 0 aromatic heterocycles. The van der Waals surface area contributed by atoms with Crippen LogP contribution in [-0.2, 0) is 16.0 Å². The highest BCUT2D eigenvalue weighted by Crippen LogP contribution is 2.32. The summed E-state index contributed by atoms with van der Waals surface area (Å²) in [5.41, 5.74) is 1.05. The van der Waals surface area contributed by atoms with Crippen LogP contribution in [0.3, 0.4) is 0 Å². The maximum atomic E-state index is 11.9. The van der Waals surface area contributed by atoms with Crippen LogP contribution in [0.15, 0.2) is 18.2 Å². The molecule has 2 aliphatic rings. The van der Waals surface area contributed by atoms with Gasteiger partial charge in [0.2, 0.25) is 18.6 Å². The van der Waals surface area contributed by atoms with E-state index in [-0.39, 0.29) is 18.6 Å². The van der Waals surface area contributed by atoms with E-state index in [0.717, 1.165) is 17.1 Å². The summed E-state index contributed by atoms with van der Waals surface area (Å²) in [6.45, 7) is 1.21. The number of aryl methyl sites for hydroxylation is 1. The Morgan fingerprint density at radius 1 is 1.00 bits per heavy atom. The number of fused-ring (bicyclic) bond motifs is 1. The second-order valence-electron chi connectivity index (χ2n) is 6.74. The van der Waals surface area contributed by atoms with Crippen LogP contribution < -0.4 is 20.1 Å². The number of hydrogen-bond acceptors (Lipinski definition) is 4. The second kappa shape index (κ2) is 8.74. The second-order valence-corrected chi connectivity index (χ2v) is 6.74. The maximum absolute atomic E-state index is 11.9. The molecule has 25 heavy (non-hydrogen) atoms. The van der Waals surface area contributed by atoms with Crippen LogP contribution in [0.5, 0.6) is 11.5 Å². The Balaban J connectivity index is 1.27. The van der Waals surface area contributed by atoms with Crippen molar-refractivity contribution in [3.8, 4) is 11.5 Å². The summed E-state index contributed by atoms with van der Waals surface area (Å²) in [7, 11) is 0. The van der Waals surface area contributed by atoms with Crippen molar-refractivity contribution < 1.29 is 19.1 Å². The summed E-state index contributed by atoms with van der Waals surface area (Å²) in [5.74, 6) is 2.13. The number of nitrogens with one attached hydrogen (secondary N) is 2. The van der Waals surface area contributed by atoms with Crippen LogP contribution in [-0.4, -0.2) is 31.7 Å². The molecular weight excluding hydrogens is 320 g/mol. The molecule has 3 rings (SSSR count). The Morgan fingerprint density at radius 2 is 1.72 bits per heavy atom. The molecule has 0 unspecified atom stereocenters. The molecule has 0 bridgehead atoms. The quantitative estimate of drug-likeness (QED) is 0.707. The molecule has 6 nitrogen and oxygen atoms in total. The zero-order chi connectivity index (χ0) is 17.5. The van der Waals surface area contributed by atoms with Gasteiger partial charge in [0, 0.05) is 25.9 Å². The van der Waals surface area contributed by atoms with Gasteiger partial charge in [-0.25, -0.2) is 0 Å². The van der Waals surface area contributed by atoms with Crippen molar-refractivity contribution in [2.45, 2.75) is 44.9 Å². The minimum absolute atomic E-state index is 0.0114. The Labute approximate surface area is 148 Å². The van der Waals surface area contributed by atoms with Gasteiger partial charge >= 0.3 is 0 Å². The first-order valence-electron chi connectivity index (χ1n) is 9.12.